The Morgan fingerprint density at radius 1 is 1.35 bits per heavy atom. The predicted molar refractivity (Wildman–Crippen MR) is 78.5 cm³/mol. The van der Waals surface area contributed by atoms with Gasteiger partial charge in [-0.3, -0.25) is 9.89 Å². The Kier molecular flexibility index (Phi) is 3.25. The first-order valence-corrected chi connectivity index (χ1v) is 6.69. The Morgan fingerprint density at radius 3 is 3.00 bits per heavy atom. The first kappa shape index (κ1) is 12.5. The zero-order valence-electron chi connectivity index (χ0n) is 11.2. The molecule has 20 heavy (non-hydrogen) atoms. The summed E-state index contributed by atoms with van der Waals surface area (Å²) in [6.07, 6.45) is 2.47. The van der Waals surface area contributed by atoms with Crippen molar-refractivity contribution in [2.75, 3.05) is 6.54 Å². The van der Waals surface area contributed by atoms with E-state index in [1.165, 1.54) is 0 Å². The summed E-state index contributed by atoms with van der Waals surface area (Å²) in [6, 6.07) is 10.0. The largest absolute Gasteiger partial charge is 0.353 e. The number of amides is 1. The number of nitrogens with zero attached hydrogens (tertiary/aromatic N) is 1. The number of H-pyrrole nitrogens is 2. The van der Waals surface area contributed by atoms with Gasteiger partial charge in [0.15, 0.2) is 0 Å². The van der Waals surface area contributed by atoms with E-state index in [9.17, 15) is 4.79 Å². The third kappa shape index (κ3) is 2.18. The Hall–Kier alpha value is -2.56. The molecule has 5 nitrogen and oxygen atoms in total. The number of carbonyl (C=O) groups is 1. The molecule has 0 fully saturated rings. The van der Waals surface area contributed by atoms with Crippen molar-refractivity contribution in [2.45, 2.75) is 13.3 Å². The first-order valence-electron chi connectivity index (χ1n) is 6.69. The number of nitrogens with one attached hydrogen (secondary N) is 3. The fourth-order valence-corrected chi connectivity index (χ4v) is 2.21. The smallest absolute Gasteiger partial charge is 0.255 e. The number of carbonyl (C=O) groups excluding carboxylic acids is 1. The van der Waals surface area contributed by atoms with Crippen LogP contribution in [0.2, 0.25) is 0 Å². The molecule has 0 saturated heterocycles. The molecule has 0 spiro atoms. The molecule has 2 heterocycles. The van der Waals surface area contributed by atoms with Crippen LogP contribution in [0.1, 0.15) is 23.7 Å². The molecule has 3 rings (SSSR count). The van der Waals surface area contributed by atoms with E-state index >= 15 is 0 Å². The number of fused-ring (bicyclic) bond motifs is 1. The number of hydrogen-bond acceptors (Lipinski definition) is 2. The van der Waals surface area contributed by atoms with Crippen molar-refractivity contribution in [2.24, 2.45) is 0 Å². The van der Waals surface area contributed by atoms with Crippen molar-refractivity contribution in [1.29, 1.82) is 0 Å². The summed E-state index contributed by atoms with van der Waals surface area (Å²) in [5.74, 6) is -0.103. The highest BCUT2D eigenvalue weighted by atomic mass is 16.1. The normalized spacial score (nSPS) is 10.8. The Morgan fingerprint density at radius 2 is 2.20 bits per heavy atom. The molecule has 102 valence electrons. The molecular weight excluding hydrogens is 252 g/mol. The van der Waals surface area contributed by atoms with E-state index in [4.69, 9.17) is 0 Å². The SMILES string of the molecule is CCCNC(=O)c1cn[nH]c1-c1cc2ccccc2[nH]1. The molecule has 0 atom stereocenters. The number of benzene rings is 1. The molecule has 3 N–H and O–H groups in total. The molecule has 0 aliphatic rings. The average molecular weight is 268 g/mol. The summed E-state index contributed by atoms with van der Waals surface area (Å²) in [7, 11) is 0. The van der Waals surface area contributed by atoms with E-state index in [0.717, 1.165) is 28.7 Å². The van der Waals surface area contributed by atoms with Gasteiger partial charge >= 0.3 is 0 Å². The average Bonchev–Trinajstić information content (AvgIpc) is 3.09. The maximum absolute atomic E-state index is 12.1. The lowest BCUT2D eigenvalue weighted by Gasteiger charge is -2.02. The van der Waals surface area contributed by atoms with E-state index in [2.05, 4.69) is 20.5 Å². The van der Waals surface area contributed by atoms with Crippen LogP contribution in [0.25, 0.3) is 22.3 Å². The minimum Gasteiger partial charge on any atom is -0.353 e. The number of para-hydroxylation sites is 1. The number of aromatic amines is 2. The number of rotatable bonds is 4. The molecule has 0 radical (unpaired) electrons. The summed E-state index contributed by atoms with van der Waals surface area (Å²) in [6.45, 7) is 2.68. The third-order valence-corrected chi connectivity index (χ3v) is 3.22. The summed E-state index contributed by atoms with van der Waals surface area (Å²) in [5.41, 5.74) is 3.18. The Bertz CT molecular complexity index is 708. The van der Waals surface area contributed by atoms with Gasteiger partial charge in [-0.25, -0.2) is 0 Å². The maximum atomic E-state index is 12.1. The molecule has 1 amide bonds. The fraction of sp³-hybridized carbons (Fsp3) is 0.200. The second kappa shape index (κ2) is 5.21. The fourth-order valence-electron chi connectivity index (χ4n) is 2.21. The van der Waals surface area contributed by atoms with Crippen molar-refractivity contribution in [3.8, 4) is 11.4 Å². The van der Waals surface area contributed by atoms with Crippen LogP contribution in [0.4, 0.5) is 0 Å². The van der Waals surface area contributed by atoms with Crippen molar-refractivity contribution < 1.29 is 4.79 Å². The summed E-state index contributed by atoms with van der Waals surface area (Å²) in [4.78, 5) is 15.4. The van der Waals surface area contributed by atoms with Gasteiger partial charge in [-0.05, 0) is 18.6 Å². The number of aromatic nitrogens is 3. The maximum Gasteiger partial charge on any atom is 0.255 e. The van der Waals surface area contributed by atoms with Gasteiger partial charge in [0.2, 0.25) is 0 Å². The summed E-state index contributed by atoms with van der Waals surface area (Å²) >= 11 is 0. The second-order valence-corrected chi connectivity index (χ2v) is 4.68. The Balaban J connectivity index is 1.98. The standard InChI is InChI=1S/C15H16N4O/c1-2-7-16-15(20)11-9-17-19-14(11)13-8-10-5-3-4-6-12(10)18-13/h3-6,8-9,18H,2,7H2,1H3,(H,16,20)(H,17,19). The molecular formula is C15H16N4O. The van der Waals surface area contributed by atoms with Gasteiger partial charge in [-0.2, -0.15) is 5.10 Å². The minimum absolute atomic E-state index is 0.103. The molecule has 0 unspecified atom stereocenters. The zero-order valence-corrected chi connectivity index (χ0v) is 11.2. The lowest BCUT2D eigenvalue weighted by molar-refractivity contribution is 0.0954. The Labute approximate surface area is 116 Å². The van der Waals surface area contributed by atoms with Gasteiger partial charge in [0, 0.05) is 17.4 Å². The van der Waals surface area contributed by atoms with Crippen LogP contribution in [-0.2, 0) is 0 Å². The topological polar surface area (TPSA) is 73.6 Å². The molecule has 5 heteroatoms. The summed E-state index contributed by atoms with van der Waals surface area (Å²) in [5, 5.41) is 10.9. The lowest BCUT2D eigenvalue weighted by atomic mass is 10.1. The third-order valence-electron chi connectivity index (χ3n) is 3.22. The highest BCUT2D eigenvalue weighted by Crippen LogP contribution is 2.24. The molecule has 0 aliphatic carbocycles. The van der Waals surface area contributed by atoms with Crippen LogP contribution < -0.4 is 5.32 Å². The van der Waals surface area contributed by atoms with Crippen LogP contribution in [0.5, 0.6) is 0 Å². The quantitative estimate of drug-likeness (QED) is 0.680. The second-order valence-electron chi connectivity index (χ2n) is 4.68. The van der Waals surface area contributed by atoms with E-state index < -0.39 is 0 Å². The lowest BCUT2D eigenvalue weighted by Crippen LogP contribution is -2.24. The number of hydrogen-bond donors (Lipinski definition) is 3. The minimum atomic E-state index is -0.103. The highest BCUT2D eigenvalue weighted by molar-refractivity contribution is 6.00. The van der Waals surface area contributed by atoms with Crippen molar-refractivity contribution >= 4 is 16.8 Å². The molecule has 1 aromatic carbocycles. The monoisotopic (exact) mass is 268 g/mol. The van der Waals surface area contributed by atoms with E-state index in [0.29, 0.717) is 12.1 Å². The van der Waals surface area contributed by atoms with Crippen molar-refractivity contribution in [3.63, 3.8) is 0 Å². The van der Waals surface area contributed by atoms with Crippen molar-refractivity contribution in [3.05, 3.63) is 42.1 Å². The zero-order chi connectivity index (χ0) is 13.9. The first-order chi connectivity index (χ1) is 9.79. The van der Waals surface area contributed by atoms with E-state index in [1.54, 1.807) is 6.20 Å². The van der Waals surface area contributed by atoms with E-state index in [1.807, 2.05) is 37.3 Å². The molecule has 0 bridgehead atoms. The molecule has 2 aromatic heterocycles. The van der Waals surface area contributed by atoms with Crippen LogP contribution in [0.3, 0.4) is 0 Å². The molecule has 3 aromatic rings. The van der Waals surface area contributed by atoms with Gasteiger partial charge < -0.3 is 10.3 Å². The van der Waals surface area contributed by atoms with Crippen LogP contribution in [-0.4, -0.2) is 27.6 Å². The van der Waals surface area contributed by atoms with Gasteiger partial charge in [0.05, 0.1) is 23.1 Å². The molecule has 0 aliphatic heterocycles. The van der Waals surface area contributed by atoms with E-state index in [-0.39, 0.29) is 5.91 Å². The van der Waals surface area contributed by atoms with Crippen LogP contribution in [0, 0.1) is 0 Å². The van der Waals surface area contributed by atoms with Gasteiger partial charge in [-0.1, -0.05) is 25.1 Å². The highest BCUT2D eigenvalue weighted by Gasteiger charge is 2.16. The summed E-state index contributed by atoms with van der Waals surface area (Å²) < 4.78 is 0. The van der Waals surface area contributed by atoms with Crippen LogP contribution >= 0.6 is 0 Å². The van der Waals surface area contributed by atoms with Gasteiger partial charge in [0.1, 0.15) is 0 Å². The predicted octanol–water partition coefficient (Wildman–Crippen LogP) is 2.70. The van der Waals surface area contributed by atoms with Gasteiger partial charge in [0.25, 0.3) is 5.91 Å². The van der Waals surface area contributed by atoms with Gasteiger partial charge in [-0.15, -0.1) is 0 Å². The molecule has 0 saturated carbocycles. The van der Waals surface area contributed by atoms with Crippen molar-refractivity contribution in [1.82, 2.24) is 20.5 Å². The van der Waals surface area contributed by atoms with Crippen LogP contribution in [0.15, 0.2) is 36.5 Å².